The molecule has 0 aliphatic rings. The van der Waals surface area contributed by atoms with Gasteiger partial charge in [-0.15, -0.1) is 0 Å². The van der Waals surface area contributed by atoms with Crippen LogP contribution in [0.1, 0.15) is 13.8 Å². The van der Waals surface area contributed by atoms with Gasteiger partial charge in [-0.2, -0.15) is 0 Å². The van der Waals surface area contributed by atoms with E-state index in [1.54, 1.807) is 0 Å². The maximum Gasteiger partial charge on any atom is 0.115 e. The van der Waals surface area contributed by atoms with E-state index in [9.17, 15) is 0 Å². The molecule has 0 spiro atoms. The minimum Gasteiger partial charge on any atom is -0.508 e. The van der Waals surface area contributed by atoms with Gasteiger partial charge in [0.25, 0.3) is 0 Å². The van der Waals surface area contributed by atoms with Crippen LogP contribution in [0.5, 0.6) is 23.0 Å². The standard InChI is InChI=1S/2C6H6O2.C4H10O.C2H6O2/c2*7-5-1-2-6(8)4-3-5;1-3-5-4-2;3-1-2-4/h2*1-4,7-8H;3-4H2,1-2H3;3-4H,1-2H2. The van der Waals surface area contributed by atoms with Crippen LogP contribution in [0.25, 0.3) is 0 Å². The maximum atomic E-state index is 8.65. The van der Waals surface area contributed by atoms with Crippen LogP contribution >= 0.6 is 0 Å². The number of hydrogen-bond acceptors (Lipinski definition) is 7. The van der Waals surface area contributed by atoms with E-state index in [-0.39, 0.29) is 36.2 Å². The molecular weight excluding hydrogens is 328 g/mol. The van der Waals surface area contributed by atoms with Gasteiger partial charge < -0.3 is 35.4 Å². The molecule has 0 aliphatic carbocycles. The third kappa shape index (κ3) is 19.5. The van der Waals surface area contributed by atoms with Crippen molar-refractivity contribution in [3.63, 3.8) is 0 Å². The van der Waals surface area contributed by atoms with Crippen LogP contribution in [0.4, 0.5) is 0 Å². The van der Waals surface area contributed by atoms with Crippen LogP contribution in [0.3, 0.4) is 0 Å². The van der Waals surface area contributed by atoms with E-state index in [2.05, 4.69) is 0 Å². The topological polar surface area (TPSA) is 131 Å². The Labute approximate surface area is 148 Å². The molecule has 6 N–H and O–H groups in total. The first kappa shape index (κ1) is 24.8. The molecule has 0 bridgehead atoms. The number of hydrogen-bond donors (Lipinski definition) is 6. The second-order valence-electron chi connectivity index (χ2n) is 4.26. The average molecular weight is 356 g/mol. The first-order valence-electron chi connectivity index (χ1n) is 7.66. The molecule has 0 unspecified atom stereocenters. The summed E-state index contributed by atoms with van der Waals surface area (Å²) in [7, 11) is 0. The summed E-state index contributed by atoms with van der Waals surface area (Å²) < 4.78 is 4.83. The number of aliphatic hydroxyl groups excluding tert-OH is 2. The summed E-state index contributed by atoms with van der Waals surface area (Å²) in [5, 5.41) is 49.8. The molecule has 0 heterocycles. The second kappa shape index (κ2) is 17.9. The number of phenolic OH excluding ortho intramolecular Hbond substituents is 4. The van der Waals surface area contributed by atoms with Crippen molar-refractivity contribution in [1.82, 2.24) is 0 Å². The summed E-state index contributed by atoms with van der Waals surface area (Å²) in [6, 6.07) is 11.4. The Hall–Kier alpha value is -2.48. The zero-order valence-corrected chi connectivity index (χ0v) is 14.5. The number of ether oxygens (including phenoxy) is 1. The maximum absolute atomic E-state index is 8.65. The van der Waals surface area contributed by atoms with Crippen molar-refractivity contribution in [2.75, 3.05) is 26.4 Å². The van der Waals surface area contributed by atoms with Crippen molar-refractivity contribution in [2.45, 2.75) is 13.8 Å². The van der Waals surface area contributed by atoms with Gasteiger partial charge in [-0.1, -0.05) is 0 Å². The highest BCUT2D eigenvalue weighted by Gasteiger charge is 1.85. The lowest BCUT2D eigenvalue weighted by atomic mass is 10.3. The van der Waals surface area contributed by atoms with Gasteiger partial charge in [0, 0.05) is 13.2 Å². The number of benzene rings is 2. The van der Waals surface area contributed by atoms with Crippen LogP contribution in [-0.4, -0.2) is 57.1 Å². The summed E-state index contributed by atoms with van der Waals surface area (Å²) in [6.45, 7) is 5.42. The summed E-state index contributed by atoms with van der Waals surface area (Å²) in [5.74, 6) is 0.677. The molecule has 7 nitrogen and oxygen atoms in total. The number of aliphatic hydroxyl groups is 2. The van der Waals surface area contributed by atoms with E-state index in [0.29, 0.717) is 0 Å². The van der Waals surface area contributed by atoms with Gasteiger partial charge >= 0.3 is 0 Å². The Morgan fingerprint density at radius 3 is 0.840 bits per heavy atom. The van der Waals surface area contributed by atoms with E-state index in [1.807, 2.05) is 13.8 Å². The molecule has 0 aliphatic heterocycles. The third-order valence-electron chi connectivity index (χ3n) is 2.21. The molecule has 7 heteroatoms. The van der Waals surface area contributed by atoms with E-state index < -0.39 is 0 Å². The quantitative estimate of drug-likeness (QED) is 0.465. The van der Waals surface area contributed by atoms with Crippen LogP contribution in [0, 0.1) is 0 Å². The minimum absolute atomic E-state index is 0.125. The normalized spacial score (nSPS) is 8.64. The Morgan fingerprint density at radius 1 is 0.560 bits per heavy atom. The fourth-order valence-corrected chi connectivity index (χ4v) is 1.11. The first-order chi connectivity index (χ1) is 11.9. The van der Waals surface area contributed by atoms with Crippen LogP contribution in [-0.2, 0) is 4.74 Å². The molecule has 0 fully saturated rings. The molecule has 0 atom stereocenters. The highest BCUT2D eigenvalue weighted by molar-refractivity contribution is 5.29. The molecule has 0 aromatic heterocycles. The number of aromatic hydroxyl groups is 4. The molecule has 0 amide bonds. The Bertz CT molecular complexity index is 408. The average Bonchev–Trinajstić information content (AvgIpc) is 2.62. The van der Waals surface area contributed by atoms with Crippen LogP contribution in [0.2, 0.25) is 0 Å². The predicted octanol–water partition coefficient (Wildman–Crippen LogP) is 2.21. The zero-order valence-electron chi connectivity index (χ0n) is 14.5. The van der Waals surface area contributed by atoms with Crippen molar-refractivity contribution in [1.29, 1.82) is 0 Å². The van der Waals surface area contributed by atoms with E-state index >= 15 is 0 Å². The fourth-order valence-electron chi connectivity index (χ4n) is 1.11. The van der Waals surface area contributed by atoms with Crippen molar-refractivity contribution < 1.29 is 35.4 Å². The molecule has 0 saturated heterocycles. The van der Waals surface area contributed by atoms with Gasteiger partial charge in [0.05, 0.1) is 13.2 Å². The lowest BCUT2D eigenvalue weighted by Crippen LogP contribution is -1.85. The van der Waals surface area contributed by atoms with Crippen molar-refractivity contribution >= 4 is 0 Å². The number of rotatable bonds is 3. The molecule has 2 aromatic rings. The smallest absolute Gasteiger partial charge is 0.115 e. The van der Waals surface area contributed by atoms with Crippen LogP contribution < -0.4 is 0 Å². The molecule has 142 valence electrons. The fraction of sp³-hybridized carbons (Fsp3) is 0.333. The monoisotopic (exact) mass is 356 g/mol. The van der Waals surface area contributed by atoms with Crippen molar-refractivity contribution in [2.24, 2.45) is 0 Å². The summed E-state index contributed by atoms with van der Waals surface area (Å²) in [6.07, 6.45) is 0. The van der Waals surface area contributed by atoms with E-state index in [0.717, 1.165) is 13.2 Å². The highest BCUT2D eigenvalue weighted by Crippen LogP contribution is 2.13. The van der Waals surface area contributed by atoms with E-state index in [4.69, 9.17) is 35.4 Å². The second-order valence-corrected chi connectivity index (χ2v) is 4.26. The van der Waals surface area contributed by atoms with Crippen molar-refractivity contribution in [3.05, 3.63) is 48.5 Å². The molecule has 2 aromatic carbocycles. The van der Waals surface area contributed by atoms with Crippen LogP contribution in [0.15, 0.2) is 48.5 Å². The van der Waals surface area contributed by atoms with Crippen molar-refractivity contribution in [3.8, 4) is 23.0 Å². The lowest BCUT2D eigenvalue weighted by Gasteiger charge is -1.88. The van der Waals surface area contributed by atoms with Gasteiger partial charge in [0.1, 0.15) is 23.0 Å². The van der Waals surface area contributed by atoms with Gasteiger partial charge in [0.2, 0.25) is 0 Å². The Balaban J connectivity index is 0. The zero-order chi connectivity index (χ0) is 19.5. The summed E-state index contributed by atoms with van der Waals surface area (Å²) in [5.41, 5.74) is 0. The lowest BCUT2D eigenvalue weighted by molar-refractivity contribution is 0.162. The molecule has 25 heavy (non-hydrogen) atoms. The predicted molar refractivity (Wildman–Crippen MR) is 95.9 cm³/mol. The first-order valence-corrected chi connectivity index (χ1v) is 7.66. The number of phenols is 4. The molecule has 0 radical (unpaired) electrons. The van der Waals surface area contributed by atoms with Gasteiger partial charge in [-0.3, -0.25) is 0 Å². The highest BCUT2D eigenvalue weighted by atomic mass is 16.5. The summed E-state index contributed by atoms with van der Waals surface area (Å²) >= 11 is 0. The summed E-state index contributed by atoms with van der Waals surface area (Å²) in [4.78, 5) is 0. The largest absolute Gasteiger partial charge is 0.508 e. The molecule has 2 rings (SSSR count). The van der Waals surface area contributed by atoms with Gasteiger partial charge in [-0.05, 0) is 62.4 Å². The van der Waals surface area contributed by atoms with Gasteiger partial charge in [0.15, 0.2) is 0 Å². The molecular formula is C18H28O7. The molecule has 0 saturated carbocycles. The Kier molecular flexibility index (Phi) is 17.7. The SMILES string of the molecule is CCOCC.OCCO.Oc1ccc(O)cc1.Oc1ccc(O)cc1. The van der Waals surface area contributed by atoms with E-state index in [1.165, 1.54) is 48.5 Å². The Morgan fingerprint density at radius 2 is 0.760 bits per heavy atom. The minimum atomic E-state index is -0.125. The van der Waals surface area contributed by atoms with Gasteiger partial charge in [-0.25, -0.2) is 0 Å². The third-order valence-corrected chi connectivity index (χ3v) is 2.21.